The minimum atomic E-state index is -1.75. The summed E-state index contributed by atoms with van der Waals surface area (Å²) in [7, 11) is 0. The van der Waals surface area contributed by atoms with Crippen LogP contribution in [0.5, 0.6) is 11.5 Å². The maximum atomic E-state index is 13.4. The maximum Gasteiger partial charge on any atom is 0.255 e. The van der Waals surface area contributed by atoms with E-state index in [9.17, 15) is 17.6 Å². The monoisotopic (exact) mass is 299 g/mol. The highest BCUT2D eigenvalue weighted by atomic mass is 19.2. The molecule has 0 bridgehead atoms. The summed E-state index contributed by atoms with van der Waals surface area (Å²) in [6, 6.07) is 6.43. The Morgan fingerprint density at radius 1 is 0.952 bits per heavy atom. The first-order valence-electron chi connectivity index (χ1n) is 6.49. The predicted octanol–water partition coefficient (Wildman–Crippen LogP) is 4.77. The molecule has 0 unspecified atom stereocenters. The summed E-state index contributed by atoms with van der Waals surface area (Å²) in [6.45, 7) is 2.07. The average Bonchev–Trinajstić information content (AvgIpc) is 2.49. The van der Waals surface area contributed by atoms with Crippen molar-refractivity contribution < 1.29 is 22.3 Å². The fourth-order valence-electron chi connectivity index (χ4n) is 1.78. The van der Waals surface area contributed by atoms with Crippen LogP contribution in [-0.4, -0.2) is 4.98 Å². The van der Waals surface area contributed by atoms with Gasteiger partial charge >= 0.3 is 0 Å². The lowest BCUT2D eigenvalue weighted by molar-refractivity contribution is 0.343. The molecule has 112 valence electrons. The molecule has 2 nitrogen and oxygen atoms in total. The van der Waals surface area contributed by atoms with E-state index in [1.54, 1.807) is 12.1 Å². The van der Waals surface area contributed by atoms with Crippen LogP contribution in [0.4, 0.5) is 17.6 Å². The highest BCUT2D eigenvalue weighted by Gasteiger charge is 2.22. The van der Waals surface area contributed by atoms with Crippen molar-refractivity contribution in [3.8, 4) is 11.5 Å². The van der Waals surface area contributed by atoms with E-state index in [1.165, 1.54) is 12.1 Å². The third-order valence-electron chi connectivity index (χ3n) is 2.92. The Kier molecular flexibility index (Phi) is 4.77. The van der Waals surface area contributed by atoms with E-state index in [2.05, 4.69) is 11.9 Å². The van der Waals surface area contributed by atoms with Gasteiger partial charge in [-0.05, 0) is 30.5 Å². The first-order valence-corrected chi connectivity index (χ1v) is 6.49. The summed E-state index contributed by atoms with van der Waals surface area (Å²) in [6.07, 6.45) is 2.94. The number of hydrogen-bond acceptors (Lipinski definition) is 2. The van der Waals surface area contributed by atoms with Gasteiger partial charge in [-0.25, -0.2) is 0 Å². The number of unbranched alkanes of at least 4 members (excludes halogenated alkanes) is 1. The number of ether oxygens (including phenoxy) is 1. The smallest absolute Gasteiger partial charge is 0.255 e. The Labute approximate surface area is 119 Å². The van der Waals surface area contributed by atoms with Gasteiger partial charge < -0.3 is 4.74 Å². The van der Waals surface area contributed by atoms with Crippen LogP contribution in [0.15, 0.2) is 24.3 Å². The molecule has 0 aliphatic carbocycles. The molecule has 6 heteroatoms. The zero-order valence-corrected chi connectivity index (χ0v) is 11.3. The van der Waals surface area contributed by atoms with Crippen molar-refractivity contribution >= 4 is 0 Å². The molecule has 0 radical (unpaired) electrons. The summed E-state index contributed by atoms with van der Waals surface area (Å²) >= 11 is 0. The van der Waals surface area contributed by atoms with Gasteiger partial charge in [0.05, 0.1) is 0 Å². The largest absolute Gasteiger partial charge is 0.451 e. The summed E-state index contributed by atoms with van der Waals surface area (Å²) in [4.78, 5) is 2.46. The fourth-order valence-corrected chi connectivity index (χ4v) is 1.78. The summed E-state index contributed by atoms with van der Waals surface area (Å²) in [5.41, 5.74) is 1.04. The summed E-state index contributed by atoms with van der Waals surface area (Å²) in [5, 5.41) is 0. The van der Waals surface area contributed by atoms with E-state index in [-0.39, 0.29) is 5.75 Å². The molecule has 0 N–H and O–H groups in total. The first-order chi connectivity index (χ1) is 10.0. The van der Waals surface area contributed by atoms with Gasteiger partial charge in [-0.1, -0.05) is 25.5 Å². The third-order valence-corrected chi connectivity index (χ3v) is 2.92. The Balaban J connectivity index is 2.22. The van der Waals surface area contributed by atoms with Crippen molar-refractivity contribution in [2.24, 2.45) is 0 Å². The normalized spacial score (nSPS) is 10.7. The molecule has 21 heavy (non-hydrogen) atoms. The Bertz CT molecular complexity index is 602. The first kappa shape index (κ1) is 15.3. The molecule has 1 aromatic heterocycles. The van der Waals surface area contributed by atoms with E-state index in [0.717, 1.165) is 24.8 Å². The lowest BCUT2D eigenvalue weighted by Gasteiger charge is -2.09. The van der Waals surface area contributed by atoms with Crippen molar-refractivity contribution in [1.82, 2.24) is 4.98 Å². The molecule has 0 spiro atoms. The summed E-state index contributed by atoms with van der Waals surface area (Å²) in [5.74, 6) is -7.88. The predicted molar refractivity (Wildman–Crippen MR) is 69.2 cm³/mol. The molecule has 0 saturated heterocycles. The molecule has 0 amide bonds. The molecule has 1 aromatic carbocycles. The van der Waals surface area contributed by atoms with Gasteiger partial charge in [-0.15, -0.1) is 0 Å². The zero-order chi connectivity index (χ0) is 15.4. The van der Waals surface area contributed by atoms with Crippen molar-refractivity contribution in [2.75, 3.05) is 0 Å². The van der Waals surface area contributed by atoms with Gasteiger partial charge in [-0.3, -0.25) is 0 Å². The number of pyridine rings is 1. The Hall–Kier alpha value is -2.11. The molecule has 1 heterocycles. The van der Waals surface area contributed by atoms with Crippen molar-refractivity contribution in [2.45, 2.75) is 26.2 Å². The van der Waals surface area contributed by atoms with E-state index >= 15 is 0 Å². The zero-order valence-electron chi connectivity index (χ0n) is 11.3. The van der Waals surface area contributed by atoms with Gasteiger partial charge in [0.2, 0.25) is 17.4 Å². The number of benzene rings is 1. The van der Waals surface area contributed by atoms with Crippen molar-refractivity contribution in [1.29, 1.82) is 0 Å². The standard InChI is InChI=1S/C15H13F4NO/c1-2-3-4-9-5-7-10(8-6-9)21-13-11(16)14(18)20-15(19)12(13)17/h5-8H,2-4H2,1H3. The second-order valence-electron chi connectivity index (χ2n) is 4.50. The van der Waals surface area contributed by atoms with Crippen LogP contribution in [0.1, 0.15) is 25.3 Å². The van der Waals surface area contributed by atoms with Gasteiger partial charge in [0, 0.05) is 0 Å². The highest BCUT2D eigenvalue weighted by Crippen LogP contribution is 2.29. The van der Waals surface area contributed by atoms with Crippen LogP contribution < -0.4 is 4.74 Å². The molecule has 0 aliphatic heterocycles. The van der Waals surface area contributed by atoms with Crippen LogP contribution in [0.25, 0.3) is 0 Å². The average molecular weight is 299 g/mol. The van der Waals surface area contributed by atoms with E-state index in [4.69, 9.17) is 4.74 Å². The molecular formula is C15H13F4NO. The lowest BCUT2D eigenvalue weighted by Crippen LogP contribution is -2.03. The number of aromatic nitrogens is 1. The van der Waals surface area contributed by atoms with E-state index in [1.807, 2.05) is 0 Å². The quantitative estimate of drug-likeness (QED) is 0.586. The Morgan fingerprint density at radius 2 is 1.52 bits per heavy atom. The number of rotatable bonds is 5. The molecular weight excluding hydrogens is 286 g/mol. The minimum absolute atomic E-state index is 0.0815. The third kappa shape index (κ3) is 3.51. The van der Waals surface area contributed by atoms with E-state index < -0.39 is 29.3 Å². The van der Waals surface area contributed by atoms with Gasteiger partial charge in [0.25, 0.3) is 11.9 Å². The van der Waals surface area contributed by atoms with Crippen molar-refractivity contribution in [3.05, 3.63) is 53.4 Å². The van der Waals surface area contributed by atoms with Crippen LogP contribution in [0, 0.1) is 23.5 Å². The van der Waals surface area contributed by atoms with Gasteiger partial charge in [-0.2, -0.15) is 22.5 Å². The minimum Gasteiger partial charge on any atom is -0.451 e. The molecule has 0 saturated carbocycles. The SMILES string of the molecule is CCCCc1ccc(Oc2c(F)c(F)nc(F)c2F)cc1. The van der Waals surface area contributed by atoms with Crippen molar-refractivity contribution in [3.63, 3.8) is 0 Å². The van der Waals surface area contributed by atoms with Crippen LogP contribution in [0.2, 0.25) is 0 Å². The molecule has 2 aromatic rings. The number of halogens is 4. The number of hydrogen-bond donors (Lipinski definition) is 0. The molecule has 0 fully saturated rings. The van der Waals surface area contributed by atoms with Gasteiger partial charge in [0.1, 0.15) is 5.75 Å². The summed E-state index contributed by atoms with van der Waals surface area (Å²) < 4.78 is 57.6. The lowest BCUT2D eigenvalue weighted by atomic mass is 10.1. The maximum absolute atomic E-state index is 13.4. The second-order valence-corrected chi connectivity index (χ2v) is 4.50. The van der Waals surface area contributed by atoms with Gasteiger partial charge in [0.15, 0.2) is 0 Å². The molecule has 0 aliphatic rings. The molecule has 2 rings (SSSR count). The second kappa shape index (κ2) is 6.56. The van der Waals surface area contributed by atoms with Crippen LogP contribution in [-0.2, 0) is 6.42 Å². The van der Waals surface area contributed by atoms with Crippen LogP contribution in [0.3, 0.4) is 0 Å². The number of nitrogens with zero attached hydrogens (tertiary/aromatic N) is 1. The van der Waals surface area contributed by atoms with Crippen LogP contribution >= 0.6 is 0 Å². The Morgan fingerprint density at radius 3 is 2.05 bits per heavy atom. The highest BCUT2D eigenvalue weighted by molar-refractivity contribution is 5.34. The fraction of sp³-hybridized carbons (Fsp3) is 0.267. The van der Waals surface area contributed by atoms with E-state index in [0.29, 0.717) is 0 Å². The topological polar surface area (TPSA) is 22.1 Å². The number of aryl methyl sites for hydroxylation is 1. The molecule has 0 atom stereocenters.